The second-order valence-electron chi connectivity index (χ2n) is 8.47. The Morgan fingerprint density at radius 3 is 2.76 bits per heavy atom. The minimum Gasteiger partial charge on any atom is -0.493 e. The molecule has 0 bridgehead atoms. The molecule has 1 saturated heterocycles. The van der Waals surface area contributed by atoms with Crippen molar-refractivity contribution < 1.29 is 14.3 Å². The molecular weight excluding hydrogens is 432 g/mol. The van der Waals surface area contributed by atoms with Gasteiger partial charge in [0, 0.05) is 49.7 Å². The summed E-state index contributed by atoms with van der Waals surface area (Å²) in [5.41, 5.74) is 1.97. The quantitative estimate of drug-likeness (QED) is 0.520. The SMILES string of the molecule is COc1ccc(CCNC(=O)CC2CCCCN2c2cc(C)nc(-n3ccnc3)n2)cc1OC. The van der Waals surface area contributed by atoms with E-state index in [-0.39, 0.29) is 11.9 Å². The van der Waals surface area contributed by atoms with Crippen molar-refractivity contribution in [3.8, 4) is 17.4 Å². The van der Waals surface area contributed by atoms with Crippen LogP contribution < -0.4 is 19.7 Å². The number of rotatable bonds is 9. The second-order valence-corrected chi connectivity index (χ2v) is 8.47. The molecule has 2 aromatic heterocycles. The van der Waals surface area contributed by atoms with Crippen LogP contribution in [0, 0.1) is 6.92 Å². The van der Waals surface area contributed by atoms with Gasteiger partial charge in [-0.3, -0.25) is 9.36 Å². The van der Waals surface area contributed by atoms with Crippen molar-refractivity contribution >= 4 is 11.7 Å². The van der Waals surface area contributed by atoms with Crippen molar-refractivity contribution in [1.29, 1.82) is 0 Å². The maximum atomic E-state index is 12.8. The van der Waals surface area contributed by atoms with E-state index in [1.807, 2.05) is 37.4 Å². The number of hydrogen-bond acceptors (Lipinski definition) is 7. The molecule has 9 nitrogen and oxygen atoms in total. The van der Waals surface area contributed by atoms with Crippen LogP contribution in [0.2, 0.25) is 0 Å². The van der Waals surface area contributed by atoms with E-state index in [0.29, 0.717) is 30.4 Å². The van der Waals surface area contributed by atoms with Crippen molar-refractivity contribution in [2.75, 3.05) is 32.2 Å². The number of benzene rings is 1. The Bertz CT molecular complexity index is 1100. The molecule has 1 aliphatic rings. The van der Waals surface area contributed by atoms with Gasteiger partial charge in [-0.05, 0) is 50.3 Å². The number of amides is 1. The van der Waals surface area contributed by atoms with E-state index in [9.17, 15) is 4.79 Å². The number of imidazole rings is 1. The highest BCUT2D eigenvalue weighted by Crippen LogP contribution is 2.28. The lowest BCUT2D eigenvalue weighted by molar-refractivity contribution is -0.121. The van der Waals surface area contributed by atoms with Crippen molar-refractivity contribution in [2.24, 2.45) is 0 Å². The fourth-order valence-electron chi connectivity index (χ4n) is 4.36. The van der Waals surface area contributed by atoms with Gasteiger partial charge >= 0.3 is 0 Å². The fraction of sp³-hybridized carbons (Fsp3) is 0.440. The first-order chi connectivity index (χ1) is 16.6. The number of nitrogens with zero attached hydrogens (tertiary/aromatic N) is 5. The van der Waals surface area contributed by atoms with Gasteiger partial charge < -0.3 is 19.7 Å². The maximum absolute atomic E-state index is 12.8. The first-order valence-corrected chi connectivity index (χ1v) is 11.7. The minimum atomic E-state index is 0.0537. The summed E-state index contributed by atoms with van der Waals surface area (Å²) in [5, 5.41) is 3.08. The normalized spacial score (nSPS) is 15.7. The van der Waals surface area contributed by atoms with Crippen molar-refractivity contribution in [3.63, 3.8) is 0 Å². The van der Waals surface area contributed by atoms with E-state index in [1.54, 1.807) is 31.3 Å². The second kappa shape index (κ2) is 11.0. The Hall–Kier alpha value is -3.62. The largest absolute Gasteiger partial charge is 0.493 e. The Labute approximate surface area is 200 Å². The van der Waals surface area contributed by atoms with Gasteiger partial charge in [0.2, 0.25) is 11.9 Å². The predicted molar refractivity (Wildman–Crippen MR) is 130 cm³/mol. The highest BCUT2D eigenvalue weighted by atomic mass is 16.5. The molecule has 0 spiro atoms. The summed E-state index contributed by atoms with van der Waals surface area (Å²) in [6.45, 7) is 3.41. The number of aromatic nitrogens is 4. The lowest BCUT2D eigenvalue weighted by Crippen LogP contribution is -2.43. The summed E-state index contributed by atoms with van der Waals surface area (Å²) in [4.78, 5) is 28.5. The van der Waals surface area contributed by atoms with Gasteiger partial charge in [-0.1, -0.05) is 6.07 Å². The molecule has 1 unspecified atom stereocenters. The van der Waals surface area contributed by atoms with Crippen LogP contribution in [0.1, 0.15) is 36.9 Å². The highest BCUT2D eigenvalue weighted by molar-refractivity contribution is 5.77. The van der Waals surface area contributed by atoms with E-state index in [2.05, 4.69) is 20.2 Å². The first-order valence-electron chi connectivity index (χ1n) is 11.7. The third-order valence-electron chi connectivity index (χ3n) is 6.09. The van der Waals surface area contributed by atoms with Gasteiger partial charge in [0.1, 0.15) is 12.1 Å². The number of methoxy groups -OCH3 is 2. The Morgan fingerprint density at radius 2 is 2.00 bits per heavy atom. The molecule has 3 aromatic rings. The third-order valence-corrected chi connectivity index (χ3v) is 6.09. The molecule has 3 heterocycles. The molecule has 4 rings (SSSR count). The molecule has 34 heavy (non-hydrogen) atoms. The van der Waals surface area contributed by atoms with Crippen molar-refractivity contribution in [3.05, 3.63) is 54.2 Å². The average molecular weight is 465 g/mol. The molecule has 1 aromatic carbocycles. The van der Waals surface area contributed by atoms with Crippen LogP contribution in [0.5, 0.6) is 11.5 Å². The molecular formula is C25H32N6O3. The molecule has 1 amide bonds. The number of aryl methyl sites for hydroxylation is 1. The fourth-order valence-corrected chi connectivity index (χ4v) is 4.36. The predicted octanol–water partition coefficient (Wildman–Crippen LogP) is 3.10. The first kappa shape index (κ1) is 23.5. The molecule has 1 N–H and O–H groups in total. The van der Waals surface area contributed by atoms with Crippen LogP contribution in [0.25, 0.3) is 5.95 Å². The zero-order valence-electron chi connectivity index (χ0n) is 20.0. The third kappa shape index (κ3) is 5.65. The van der Waals surface area contributed by atoms with E-state index in [1.165, 1.54) is 0 Å². The monoisotopic (exact) mass is 464 g/mol. The van der Waals surface area contributed by atoms with E-state index in [0.717, 1.165) is 49.3 Å². The van der Waals surface area contributed by atoms with E-state index >= 15 is 0 Å². The summed E-state index contributed by atoms with van der Waals surface area (Å²) in [7, 11) is 3.24. The molecule has 0 radical (unpaired) electrons. The van der Waals surface area contributed by atoms with Gasteiger partial charge in [-0.25, -0.2) is 9.97 Å². The summed E-state index contributed by atoms with van der Waals surface area (Å²) >= 11 is 0. The van der Waals surface area contributed by atoms with Crippen LogP contribution in [-0.2, 0) is 11.2 Å². The Morgan fingerprint density at radius 1 is 1.15 bits per heavy atom. The number of carbonyl (C=O) groups excluding carboxylic acids is 1. The lowest BCUT2D eigenvalue weighted by atomic mass is 9.99. The van der Waals surface area contributed by atoms with Crippen molar-refractivity contribution in [1.82, 2.24) is 24.8 Å². The molecule has 1 atom stereocenters. The summed E-state index contributed by atoms with van der Waals surface area (Å²) in [5.74, 6) is 2.90. The van der Waals surface area contributed by atoms with Crippen LogP contribution in [0.3, 0.4) is 0 Å². The molecule has 0 saturated carbocycles. The summed E-state index contributed by atoms with van der Waals surface area (Å²) < 4.78 is 12.5. The lowest BCUT2D eigenvalue weighted by Gasteiger charge is -2.36. The number of piperidine rings is 1. The zero-order chi connectivity index (χ0) is 23.9. The number of carbonyl (C=O) groups is 1. The van der Waals surface area contributed by atoms with Gasteiger partial charge in [0.05, 0.1) is 14.2 Å². The molecule has 1 fully saturated rings. The highest BCUT2D eigenvalue weighted by Gasteiger charge is 2.26. The molecule has 0 aliphatic carbocycles. The van der Waals surface area contributed by atoms with Gasteiger partial charge in [-0.2, -0.15) is 4.98 Å². The minimum absolute atomic E-state index is 0.0537. The number of anilines is 1. The van der Waals surface area contributed by atoms with E-state index in [4.69, 9.17) is 14.5 Å². The Balaban J connectivity index is 1.37. The Kier molecular flexibility index (Phi) is 7.61. The van der Waals surface area contributed by atoms with Crippen molar-refractivity contribution in [2.45, 2.75) is 45.1 Å². The molecule has 9 heteroatoms. The summed E-state index contributed by atoms with van der Waals surface area (Å²) in [6, 6.07) is 7.93. The zero-order valence-corrected chi connectivity index (χ0v) is 20.0. The van der Waals surface area contributed by atoms with Crippen LogP contribution in [0.15, 0.2) is 43.0 Å². The molecule has 1 aliphatic heterocycles. The van der Waals surface area contributed by atoms with Gasteiger partial charge in [0.15, 0.2) is 11.5 Å². The van der Waals surface area contributed by atoms with Gasteiger partial charge in [-0.15, -0.1) is 0 Å². The number of ether oxygens (including phenoxy) is 2. The van der Waals surface area contributed by atoms with Gasteiger partial charge in [0.25, 0.3) is 0 Å². The number of hydrogen-bond donors (Lipinski definition) is 1. The number of nitrogens with one attached hydrogen (secondary N) is 1. The smallest absolute Gasteiger partial charge is 0.237 e. The summed E-state index contributed by atoms with van der Waals surface area (Å²) in [6.07, 6.45) is 9.55. The topological polar surface area (TPSA) is 94.4 Å². The van der Waals surface area contributed by atoms with Crippen LogP contribution >= 0.6 is 0 Å². The standard InChI is InChI=1S/C25H32N6O3/c1-18-14-23(29-25(28-18)30-13-11-26-17-30)31-12-5-4-6-20(31)16-24(32)27-10-9-19-7-8-21(33-2)22(15-19)34-3/h7-8,11,13-15,17,20H,4-6,9-10,12,16H2,1-3H3,(H,27,32). The average Bonchev–Trinajstić information content (AvgIpc) is 3.39. The van der Waals surface area contributed by atoms with Crippen LogP contribution in [0.4, 0.5) is 5.82 Å². The van der Waals surface area contributed by atoms with E-state index < -0.39 is 0 Å². The maximum Gasteiger partial charge on any atom is 0.237 e. The molecule has 180 valence electrons. The van der Waals surface area contributed by atoms with Crippen LogP contribution in [-0.4, -0.2) is 58.8 Å².